The third kappa shape index (κ3) is 4.88. The summed E-state index contributed by atoms with van der Waals surface area (Å²) in [6.07, 6.45) is -0.904. The summed E-state index contributed by atoms with van der Waals surface area (Å²) in [6.45, 7) is 4.49. The first-order valence-corrected chi connectivity index (χ1v) is 8.48. The van der Waals surface area contributed by atoms with Crippen molar-refractivity contribution in [3.63, 3.8) is 0 Å². The summed E-state index contributed by atoms with van der Waals surface area (Å²) in [5.74, 6) is 0. The van der Waals surface area contributed by atoms with E-state index >= 15 is 0 Å². The summed E-state index contributed by atoms with van der Waals surface area (Å²) in [4.78, 5) is 0. The summed E-state index contributed by atoms with van der Waals surface area (Å²) in [7, 11) is -3.54. The molecule has 118 valence electrons. The Kier molecular flexibility index (Phi) is 6.36. The minimum absolute atomic E-state index is 0.248. The van der Waals surface area contributed by atoms with E-state index in [-0.39, 0.29) is 26.4 Å². The van der Waals surface area contributed by atoms with Crippen LogP contribution in [0.4, 0.5) is 0 Å². The van der Waals surface area contributed by atoms with Crippen LogP contribution < -0.4 is 0 Å². The molecule has 0 amide bonds. The normalized spacial score (nSPS) is 23.1. The van der Waals surface area contributed by atoms with Crippen molar-refractivity contribution in [2.45, 2.75) is 26.2 Å². The number of benzene rings is 1. The Morgan fingerprint density at radius 2 is 1.67 bits per heavy atom. The van der Waals surface area contributed by atoms with Gasteiger partial charge in [0.2, 0.25) is 0 Å². The van der Waals surface area contributed by atoms with Gasteiger partial charge in [-0.2, -0.15) is 0 Å². The van der Waals surface area contributed by atoms with Crippen molar-refractivity contribution in [1.82, 2.24) is 0 Å². The predicted molar refractivity (Wildman–Crippen MR) is 76.8 cm³/mol. The van der Waals surface area contributed by atoms with Gasteiger partial charge < -0.3 is 9.47 Å². The number of rotatable bonds is 7. The van der Waals surface area contributed by atoms with Crippen LogP contribution in [0.5, 0.6) is 0 Å². The molecule has 1 heterocycles. The maximum atomic E-state index is 12.3. The Hall–Kier alpha value is -0.750. The third-order valence-corrected chi connectivity index (χ3v) is 4.50. The van der Waals surface area contributed by atoms with E-state index in [0.29, 0.717) is 0 Å². The molecular formula is C14H21O6P. The highest BCUT2D eigenvalue weighted by atomic mass is 31.2. The van der Waals surface area contributed by atoms with Crippen LogP contribution in [0.2, 0.25) is 0 Å². The fourth-order valence-electron chi connectivity index (χ4n) is 1.95. The molecule has 0 atom stereocenters. The van der Waals surface area contributed by atoms with E-state index < -0.39 is 20.2 Å². The van der Waals surface area contributed by atoms with Crippen LogP contribution >= 0.6 is 7.82 Å². The van der Waals surface area contributed by atoms with Gasteiger partial charge in [-0.05, 0) is 13.8 Å². The molecule has 2 rings (SSSR count). The lowest BCUT2D eigenvalue weighted by Crippen LogP contribution is -2.33. The van der Waals surface area contributed by atoms with E-state index in [1.54, 1.807) is 13.8 Å². The minimum Gasteiger partial charge on any atom is -0.346 e. The number of hydrogen-bond acceptors (Lipinski definition) is 6. The Morgan fingerprint density at radius 3 is 2.19 bits per heavy atom. The topological polar surface area (TPSA) is 63.2 Å². The minimum atomic E-state index is -3.54. The molecule has 1 fully saturated rings. The monoisotopic (exact) mass is 316 g/mol. The van der Waals surface area contributed by atoms with Crippen LogP contribution in [0.3, 0.4) is 0 Å². The number of hydrogen-bond donors (Lipinski definition) is 0. The fraction of sp³-hybridized carbons (Fsp3) is 0.571. The molecule has 1 aliphatic heterocycles. The van der Waals surface area contributed by atoms with Crippen LogP contribution in [0.1, 0.15) is 25.7 Å². The van der Waals surface area contributed by atoms with Crippen molar-refractivity contribution in [1.29, 1.82) is 0 Å². The molecule has 1 aliphatic rings. The fourth-order valence-corrected chi connectivity index (χ4v) is 3.26. The van der Waals surface area contributed by atoms with Gasteiger partial charge in [0.25, 0.3) is 0 Å². The molecule has 1 saturated heterocycles. The van der Waals surface area contributed by atoms with Gasteiger partial charge in [0.05, 0.1) is 26.4 Å². The zero-order valence-corrected chi connectivity index (χ0v) is 13.2. The zero-order chi connectivity index (χ0) is 15.1. The largest absolute Gasteiger partial charge is 0.475 e. The first-order valence-electron chi connectivity index (χ1n) is 7.02. The lowest BCUT2D eigenvalue weighted by molar-refractivity contribution is -0.218. The molecule has 7 heteroatoms. The summed E-state index contributed by atoms with van der Waals surface area (Å²) >= 11 is 0. The molecule has 6 nitrogen and oxygen atoms in total. The standard InChI is InChI=1S/C14H21O6P/c1-3-18-21(15,19-4-2)20-13-10-16-14(17-11-13)12-8-6-5-7-9-12/h5-9,13-14H,3-4,10-11H2,1-2H3. The number of ether oxygens (including phenoxy) is 2. The Bertz CT molecular complexity index is 448. The highest BCUT2D eigenvalue weighted by Gasteiger charge is 2.33. The average molecular weight is 316 g/mol. The molecule has 0 spiro atoms. The van der Waals surface area contributed by atoms with E-state index in [2.05, 4.69) is 0 Å². The second-order valence-electron chi connectivity index (χ2n) is 4.42. The Labute approximate surface area is 124 Å². The third-order valence-electron chi connectivity index (χ3n) is 2.79. The quantitative estimate of drug-likeness (QED) is 0.719. The first-order chi connectivity index (χ1) is 10.2. The second kappa shape index (κ2) is 8.03. The van der Waals surface area contributed by atoms with Crippen molar-refractivity contribution >= 4 is 7.82 Å². The van der Waals surface area contributed by atoms with E-state index in [9.17, 15) is 4.57 Å². The van der Waals surface area contributed by atoms with Crippen LogP contribution in [-0.2, 0) is 27.6 Å². The predicted octanol–water partition coefficient (Wildman–Crippen LogP) is 3.30. The highest BCUT2D eigenvalue weighted by Crippen LogP contribution is 2.50. The molecule has 1 aromatic rings. The SMILES string of the molecule is CCOP(=O)(OCC)OC1COC(c2ccccc2)OC1. The molecule has 1 aromatic carbocycles. The van der Waals surface area contributed by atoms with Gasteiger partial charge in [-0.3, -0.25) is 13.6 Å². The molecule has 0 aliphatic carbocycles. The van der Waals surface area contributed by atoms with Gasteiger partial charge in [0.15, 0.2) is 6.29 Å². The van der Waals surface area contributed by atoms with Gasteiger partial charge >= 0.3 is 7.82 Å². The van der Waals surface area contributed by atoms with E-state index in [4.69, 9.17) is 23.0 Å². The number of phosphoric acid groups is 1. The maximum absolute atomic E-state index is 12.3. The lowest BCUT2D eigenvalue weighted by atomic mass is 10.2. The smallest absolute Gasteiger partial charge is 0.346 e. The van der Waals surface area contributed by atoms with Crippen LogP contribution in [0, 0.1) is 0 Å². The molecule has 0 unspecified atom stereocenters. The summed E-state index contributed by atoms with van der Waals surface area (Å²) in [5.41, 5.74) is 0.939. The maximum Gasteiger partial charge on any atom is 0.475 e. The summed E-state index contributed by atoms with van der Waals surface area (Å²) in [5, 5.41) is 0. The molecule has 0 bridgehead atoms. The Morgan fingerprint density at radius 1 is 1.10 bits per heavy atom. The highest BCUT2D eigenvalue weighted by molar-refractivity contribution is 7.48. The van der Waals surface area contributed by atoms with Crippen molar-refractivity contribution in [2.75, 3.05) is 26.4 Å². The van der Waals surface area contributed by atoms with Crippen LogP contribution in [0.15, 0.2) is 30.3 Å². The molecule has 21 heavy (non-hydrogen) atoms. The van der Waals surface area contributed by atoms with Gasteiger partial charge in [-0.15, -0.1) is 0 Å². The van der Waals surface area contributed by atoms with Gasteiger partial charge in [-0.25, -0.2) is 4.57 Å². The molecule has 0 saturated carbocycles. The van der Waals surface area contributed by atoms with Gasteiger partial charge in [0, 0.05) is 5.56 Å². The van der Waals surface area contributed by atoms with E-state index in [0.717, 1.165) is 5.56 Å². The zero-order valence-electron chi connectivity index (χ0n) is 12.3. The Balaban J connectivity index is 1.87. The van der Waals surface area contributed by atoms with E-state index in [1.165, 1.54) is 0 Å². The average Bonchev–Trinajstić information content (AvgIpc) is 2.49. The molecular weight excluding hydrogens is 295 g/mol. The summed E-state index contributed by atoms with van der Waals surface area (Å²) < 4.78 is 39.0. The van der Waals surface area contributed by atoms with E-state index in [1.807, 2.05) is 30.3 Å². The lowest BCUT2D eigenvalue weighted by Gasteiger charge is -2.31. The second-order valence-corrected chi connectivity index (χ2v) is 6.04. The molecule has 0 aromatic heterocycles. The van der Waals surface area contributed by atoms with Gasteiger partial charge in [0.1, 0.15) is 6.10 Å². The number of phosphoric ester groups is 1. The van der Waals surface area contributed by atoms with Crippen LogP contribution in [0.25, 0.3) is 0 Å². The first kappa shape index (κ1) is 16.6. The summed E-state index contributed by atoms with van der Waals surface area (Å²) in [6, 6.07) is 9.62. The van der Waals surface area contributed by atoms with Crippen LogP contribution in [-0.4, -0.2) is 32.5 Å². The molecule has 0 N–H and O–H groups in total. The van der Waals surface area contributed by atoms with Crippen molar-refractivity contribution in [3.05, 3.63) is 35.9 Å². The van der Waals surface area contributed by atoms with Gasteiger partial charge in [-0.1, -0.05) is 30.3 Å². The van der Waals surface area contributed by atoms with Crippen molar-refractivity contribution in [2.24, 2.45) is 0 Å². The van der Waals surface area contributed by atoms with Crippen molar-refractivity contribution in [3.8, 4) is 0 Å². The molecule has 0 radical (unpaired) electrons. The van der Waals surface area contributed by atoms with Crippen molar-refractivity contribution < 1.29 is 27.6 Å².